The Balaban J connectivity index is 1.37. The molecule has 1 amide bonds. The smallest absolute Gasteiger partial charge is 0.265 e. The van der Waals surface area contributed by atoms with Crippen LogP contribution in [0.15, 0.2) is 54.6 Å². The molecular formula is C23H23ClN2O2S. The van der Waals surface area contributed by atoms with Gasteiger partial charge in [-0.2, -0.15) is 0 Å². The molecule has 0 saturated carbocycles. The van der Waals surface area contributed by atoms with Crippen LogP contribution in [0.25, 0.3) is 16.2 Å². The molecule has 4 nitrogen and oxygen atoms in total. The number of rotatable bonds is 5. The molecule has 6 heteroatoms. The summed E-state index contributed by atoms with van der Waals surface area (Å²) < 4.78 is 6.28. The topological polar surface area (TPSA) is 32.8 Å². The van der Waals surface area contributed by atoms with Gasteiger partial charge in [0.25, 0.3) is 5.91 Å². The Morgan fingerprint density at radius 1 is 1.14 bits per heavy atom. The summed E-state index contributed by atoms with van der Waals surface area (Å²) in [5.41, 5.74) is 1.21. The maximum atomic E-state index is 13.0. The quantitative estimate of drug-likeness (QED) is 0.573. The van der Waals surface area contributed by atoms with Crippen LogP contribution in [0.3, 0.4) is 0 Å². The van der Waals surface area contributed by atoms with E-state index >= 15 is 0 Å². The number of hydrogen-bond donors (Lipinski definition) is 0. The van der Waals surface area contributed by atoms with E-state index in [0.717, 1.165) is 35.5 Å². The molecule has 1 aromatic heterocycles. The van der Waals surface area contributed by atoms with Crippen molar-refractivity contribution in [3.05, 3.63) is 70.1 Å². The van der Waals surface area contributed by atoms with Crippen LogP contribution >= 0.6 is 22.9 Å². The number of benzene rings is 2. The number of halogens is 1. The number of carbonyl (C=O) groups excluding carboxylic acids is 1. The number of methoxy groups -OCH3 is 1. The summed E-state index contributed by atoms with van der Waals surface area (Å²) in [6, 6.07) is 16.0. The molecule has 1 aliphatic rings. The van der Waals surface area contributed by atoms with Crippen LogP contribution in [0.1, 0.15) is 15.2 Å². The van der Waals surface area contributed by atoms with Gasteiger partial charge in [0.2, 0.25) is 0 Å². The van der Waals surface area contributed by atoms with Crippen molar-refractivity contribution in [2.75, 3.05) is 39.8 Å². The van der Waals surface area contributed by atoms with Crippen molar-refractivity contribution in [1.29, 1.82) is 0 Å². The molecule has 2 heterocycles. The zero-order valence-corrected chi connectivity index (χ0v) is 17.9. The molecule has 0 atom stereocenters. The largest absolute Gasteiger partial charge is 0.497 e. The average molecular weight is 427 g/mol. The van der Waals surface area contributed by atoms with Crippen molar-refractivity contribution < 1.29 is 9.53 Å². The van der Waals surface area contributed by atoms with Crippen LogP contribution in [-0.4, -0.2) is 55.5 Å². The van der Waals surface area contributed by atoms with Crippen LogP contribution in [0, 0.1) is 0 Å². The second kappa shape index (κ2) is 8.99. The highest BCUT2D eigenvalue weighted by atomic mass is 35.5. The molecule has 1 saturated heterocycles. The fraction of sp³-hybridized carbons (Fsp3) is 0.261. The first-order chi connectivity index (χ1) is 14.2. The van der Waals surface area contributed by atoms with E-state index in [4.69, 9.17) is 16.3 Å². The lowest BCUT2D eigenvalue weighted by Crippen LogP contribution is -2.48. The number of ether oxygens (including phenoxy) is 1. The van der Waals surface area contributed by atoms with E-state index in [0.29, 0.717) is 23.0 Å². The van der Waals surface area contributed by atoms with Gasteiger partial charge >= 0.3 is 0 Å². The van der Waals surface area contributed by atoms with E-state index in [2.05, 4.69) is 29.2 Å². The lowest BCUT2D eigenvalue weighted by molar-refractivity contribution is 0.0655. The first-order valence-electron chi connectivity index (χ1n) is 9.65. The first kappa shape index (κ1) is 20.0. The van der Waals surface area contributed by atoms with E-state index < -0.39 is 0 Å². The molecule has 4 rings (SSSR count). The summed E-state index contributed by atoms with van der Waals surface area (Å²) in [7, 11) is 1.63. The van der Waals surface area contributed by atoms with Crippen LogP contribution in [0.5, 0.6) is 5.75 Å². The molecular weight excluding hydrogens is 404 g/mol. The monoisotopic (exact) mass is 426 g/mol. The molecule has 3 aromatic rings. The predicted octanol–water partition coefficient (Wildman–Crippen LogP) is 5.03. The molecule has 0 aliphatic carbocycles. The van der Waals surface area contributed by atoms with Gasteiger partial charge in [-0.05, 0) is 23.8 Å². The molecule has 0 radical (unpaired) electrons. The Bertz CT molecular complexity index is 1020. The number of carbonyl (C=O) groups is 1. The van der Waals surface area contributed by atoms with Crippen LogP contribution < -0.4 is 4.74 Å². The summed E-state index contributed by atoms with van der Waals surface area (Å²) in [5.74, 6) is 0.767. The Labute approximate surface area is 179 Å². The zero-order chi connectivity index (χ0) is 20.2. The van der Waals surface area contributed by atoms with Gasteiger partial charge in [-0.15, -0.1) is 11.3 Å². The van der Waals surface area contributed by atoms with Gasteiger partial charge in [0, 0.05) is 42.8 Å². The van der Waals surface area contributed by atoms with Gasteiger partial charge in [0.05, 0.1) is 12.1 Å². The minimum atomic E-state index is 0.0228. The van der Waals surface area contributed by atoms with E-state index in [9.17, 15) is 4.79 Å². The third kappa shape index (κ3) is 4.47. The number of hydrogen-bond acceptors (Lipinski definition) is 4. The van der Waals surface area contributed by atoms with Gasteiger partial charge in [-0.1, -0.05) is 54.1 Å². The highest BCUT2D eigenvalue weighted by Crippen LogP contribution is 2.38. The first-order valence-corrected chi connectivity index (χ1v) is 10.8. The maximum Gasteiger partial charge on any atom is 0.265 e. The number of nitrogens with zero attached hydrogens (tertiary/aromatic N) is 2. The molecule has 0 spiro atoms. The third-order valence-corrected chi connectivity index (χ3v) is 6.83. The van der Waals surface area contributed by atoms with E-state index in [1.807, 2.05) is 41.3 Å². The van der Waals surface area contributed by atoms with Gasteiger partial charge in [-0.25, -0.2) is 0 Å². The van der Waals surface area contributed by atoms with Crippen molar-refractivity contribution >= 4 is 45.0 Å². The lowest BCUT2D eigenvalue weighted by atomic mass is 10.2. The minimum Gasteiger partial charge on any atom is -0.497 e. The SMILES string of the molecule is COc1ccc2sc(C(=O)N3CCN(C/C=C/c4ccccc4)CC3)c(Cl)c2c1. The van der Waals surface area contributed by atoms with E-state index in [1.165, 1.54) is 16.9 Å². The second-order valence-corrected chi connectivity index (χ2v) is 8.44. The van der Waals surface area contributed by atoms with Gasteiger partial charge in [0.1, 0.15) is 10.6 Å². The number of fused-ring (bicyclic) bond motifs is 1. The third-order valence-electron chi connectivity index (χ3n) is 5.16. The fourth-order valence-electron chi connectivity index (χ4n) is 3.49. The normalized spacial score (nSPS) is 15.3. The van der Waals surface area contributed by atoms with E-state index in [1.54, 1.807) is 7.11 Å². The standard InChI is InChI=1S/C23H23ClN2O2S/c1-28-18-9-10-20-19(16-18)21(24)22(29-20)23(27)26-14-12-25(13-15-26)11-5-8-17-6-3-2-4-7-17/h2-10,16H,11-15H2,1H3/b8-5+. The minimum absolute atomic E-state index is 0.0228. The number of piperazine rings is 1. The van der Waals surface area contributed by atoms with Crippen molar-refractivity contribution in [2.45, 2.75) is 0 Å². The Hall–Kier alpha value is -2.34. The molecule has 1 aliphatic heterocycles. The molecule has 0 unspecified atom stereocenters. The van der Waals surface area contributed by atoms with Crippen molar-refractivity contribution in [3.8, 4) is 5.75 Å². The molecule has 29 heavy (non-hydrogen) atoms. The summed E-state index contributed by atoms with van der Waals surface area (Å²) in [5, 5.41) is 1.41. The molecule has 150 valence electrons. The lowest BCUT2D eigenvalue weighted by Gasteiger charge is -2.34. The highest BCUT2D eigenvalue weighted by molar-refractivity contribution is 7.21. The Morgan fingerprint density at radius 2 is 1.90 bits per heavy atom. The number of thiophene rings is 1. The predicted molar refractivity (Wildman–Crippen MR) is 121 cm³/mol. The van der Waals surface area contributed by atoms with Crippen molar-refractivity contribution in [1.82, 2.24) is 9.80 Å². The molecule has 2 aromatic carbocycles. The van der Waals surface area contributed by atoms with Gasteiger partial charge < -0.3 is 9.64 Å². The van der Waals surface area contributed by atoms with E-state index in [-0.39, 0.29) is 5.91 Å². The summed E-state index contributed by atoms with van der Waals surface area (Å²) in [6.45, 7) is 4.04. The highest BCUT2D eigenvalue weighted by Gasteiger charge is 2.25. The maximum absolute atomic E-state index is 13.0. The second-order valence-electron chi connectivity index (χ2n) is 7.01. The summed E-state index contributed by atoms with van der Waals surface area (Å²) >= 11 is 8.00. The molecule has 0 N–H and O–H groups in total. The Kier molecular flexibility index (Phi) is 6.19. The van der Waals surface area contributed by atoms with Gasteiger partial charge in [-0.3, -0.25) is 9.69 Å². The van der Waals surface area contributed by atoms with Crippen LogP contribution in [0.2, 0.25) is 5.02 Å². The van der Waals surface area contributed by atoms with Crippen molar-refractivity contribution in [3.63, 3.8) is 0 Å². The van der Waals surface area contributed by atoms with Crippen LogP contribution in [-0.2, 0) is 0 Å². The Morgan fingerprint density at radius 3 is 2.62 bits per heavy atom. The van der Waals surface area contributed by atoms with Gasteiger partial charge in [0.15, 0.2) is 0 Å². The summed E-state index contributed by atoms with van der Waals surface area (Å²) in [4.78, 5) is 17.9. The fourth-order valence-corrected chi connectivity index (χ4v) is 4.94. The van der Waals surface area contributed by atoms with Crippen molar-refractivity contribution in [2.24, 2.45) is 0 Å². The van der Waals surface area contributed by atoms with Crippen LogP contribution in [0.4, 0.5) is 0 Å². The zero-order valence-electron chi connectivity index (χ0n) is 16.3. The summed E-state index contributed by atoms with van der Waals surface area (Å²) in [6.07, 6.45) is 4.33. The molecule has 0 bridgehead atoms. The number of amides is 1. The average Bonchev–Trinajstić information content (AvgIpc) is 3.10. The molecule has 1 fully saturated rings.